The highest BCUT2D eigenvalue weighted by atomic mass is 16.4. The van der Waals surface area contributed by atoms with Crippen LogP contribution in [0.2, 0.25) is 0 Å². The van der Waals surface area contributed by atoms with Crippen molar-refractivity contribution in [1.29, 1.82) is 0 Å². The highest BCUT2D eigenvalue weighted by molar-refractivity contribution is 5.74. The molecule has 0 saturated heterocycles. The van der Waals surface area contributed by atoms with Gasteiger partial charge in [-0.25, -0.2) is 0 Å². The first-order valence-corrected chi connectivity index (χ1v) is 3.55. The predicted molar refractivity (Wildman–Crippen MR) is 43.2 cm³/mol. The number of rotatable bonds is 4. The van der Waals surface area contributed by atoms with Gasteiger partial charge in [-0.2, -0.15) is 0 Å². The monoisotopic (exact) mass is 177 g/mol. The van der Waals surface area contributed by atoms with Gasteiger partial charge >= 0.3 is 5.97 Å². The summed E-state index contributed by atoms with van der Waals surface area (Å²) in [5.41, 5.74) is 15.8. The lowest BCUT2D eigenvalue weighted by Gasteiger charge is -2.24. The highest BCUT2D eigenvalue weighted by Crippen LogP contribution is 1.98. The van der Waals surface area contributed by atoms with Crippen molar-refractivity contribution in [2.45, 2.75) is 31.2 Å². The second-order valence-corrected chi connectivity index (χ2v) is 2.79. The second-order valence-electron chi connectivity index (χ2n) is 2.79. The SMILES string of the molecule is CC(N)[C@@H](N)[C@@H](O)[C@@H](N)C(=O)O. The van der Waals surface area contributed by atoms with Gasteiger partial charge in [0.25, 0.3) is 0 Å². The van der Waals surface area contributed by atoms with Crippen LogP contribution in [-0.2, 0) is 4.79 Å². The topological polar surface area (TPSA) is 136 Å². The molecule has 1 unspecified atom stereocenters. The summed E-state index contributed by atoms with van der Waals surface area (Å²) in [6.45, 7) is 1.57. The molecule has 0 saturated carbocycles. The Morgan fingerprint density at radius 2 is 1.75 bits per heavy atom. The van der Waals surface area contributed by atoms with Crippen molar-refractivity contribution in [3.8, 4) is 0 Å². The summed E-state index contributed by atoms with van der Waals surface area (Å²) < 4.78 is 0. The Balaban J connectivity index is 4.18. The fraction of sp³-hybridized carbons (Fsp3) is 0.833. The molecule has 0 aromatic rings. The number of carbonyl (C=O) groups is 1. The van der Waals surface area contributed by atoms with Crippen LogP contribution in [-0.4, -0.2) is 40.4 Å². The van der Waals surface area contributed by atoms with Gasteiger partial charge < -0.3 is 27.4 Å². The maximum Gasteiger partial charge on any atom is 0.323 e. The van der Waals surface area contributed by atoms with Crippen LogP contribution in [0.25, 0.3) is 0 Å². The molecule has 0 spiro atoms. The minimum absolute atomic E-state index is 0.495. The average molecular weight is 177 g/mol. The first-order valence-electron chi connectivity index (χ1n) is 3.55. The van der Waals surface area contributed by atoms with E-state index in [0.717, 1.165) is 0 Å². The number of hydrogen-bond acceptors (Lipinski definition) is 5. The van der Waals surface area contributed by atoms with E-state index in [2.05, 4.69) is 0 Å². The van der Waals surface area contributed by atoms with Gasteiger partial charge in [0, 0.05) is 12.1 Å². The fourth-order valence-electron chi connectivity index (χ4n) is 0.697. The van der Waals surface area contributed by atoms with E-state index in [9.17, 15) is 9.90 Å². The zero-order valence-electron chi connectivity index (χ0n) is 6.84. The van der Waals surface area contributed by atoms with Crippen molar-refractivity contribution in [3.63, 3.8) is 0 Å². The number of aliphatic hydroxyl groups is 1. The molecule has 8 N–H and O–H groups in total. The standard InChI is InChI=1S/C6H15N3O3/c1-2(7)3(8)5(10)4(9)6(11)12/h2-5,10H,7-9H2,1H3,(H,11,12)/t2?,3-,4-,5-/m1/s1. The van der Waals surface area contributed by atoms with Crippen LogP contribution in [0.1, 0.15) is 6.92 Å². The summed E-state index contributed by atoms with van der Waals surface area (Å²) in [5.74, 6) is -1.29. The normalized spacial score (nSPS) is 21.1. The maximum atomic E-state index is 10.3. The zero-order valence-corrected chi connectivity index (χ0v) is 6.84. The minimum Gasteiger partial charge on any atom is -0.480 e. The summed E-state index contributed by atoms with van der Waals surface area (Å²) in [7, 11) is 0. The van der Waals surface area contributed by atoms with Gasteiger partial charge in [-0.15, -0.1) is 0 Å². The third-order valence-corrected chi connectivity index (χ3v) is 1.65. The van der Waals surface area contributed by atoms with Gasteiger partial charge in [0.1, 0.15) is 6.04 Å². The molecule has 0 heterocycles. The van der Waals surface area contributed by atoms with Crippen LogP contribution in [0.3, 0.4) is 0 Å². The lowest BCUT2D eigenvalue weighted by molar-refractivity contribution is -0.141. The molecule has 4 atom stereocenters. The van der Waals surface area contributed by atoms with Crippen LogP contribution in [0.15, 0.2) is 0 Å². The number of aliphatic hydroxyl groups excluding tert-OH is 1. The van der Waals surface area contributed by atoms with Crippen molar-refractivity contribution in [2.75, 3.05) is 0 Å². The third kappa shape index (κ3) is 2.74. The Bertz CT molecular complexity index is 162. The van der Waals surface area contributed by atoms with Crippen molar-refractivity contribution >= 4 is 5.97 Å². The van der Waals surface area contributed by atoms with Gasteiger partial charge in [0.05, 0.1) is 6.10 Å². The summed E-state index contributed by atoms with van der Waals surface area (Å²) in [4.78, 5) is 10.3. The lowest BCUT2D eigenvalue weighted by atomic mass is 10.00. The van der Waals surface area contributed by atoms with E-state index in [0.29, 0.717) is 0 Å². The van der Waals surface area contributed by atoms with Crippen molar-refractivity contribution < 1.29 is 15.0 Å². The summed E-state index contributed by atoms with van der Waals surface area (Å²) in [6, 6.07) is -2.70. The Morgan fingerprint density at radius 1 is 1.33 bits per heavy atom. The summed E-state index contributed by atoms with van der Waals surface area (Å²) >= 11 is 0. The molecule has 0 aromatic carbocycles. The molecule has 12 heavy (non-hydrogen) atoms. The van der Waals surface area contributed by atoms with E-state index in [1.807, 2.05) is 0 Å². The molecule has 0 rings (SSSR count). The van der Waals surface area contributed by atoms with Crippen molar-refractivity contribution in [3.05, 3.63) is 0 Å². The summed E-state index contributed by atoms with van der Waals surface area (Å²) in [5, 5.41) is 17.6. The fourth-order valence-corrected chi connectivity index (χ4v) is 0.697. The van der Waals surface area contributed by atoms with Crippen LogP contribution >= 0.6 is 0 Å². The average Bonchev–Trinajstić information content (AvgIpc) is 2.00. The molecule has 6 nitrogen and oxygen atoms in total. The smallest absolute Gasteiger partial charge is 0.323 e. The van der Waals surface area contributed by atoms with Crippen LogP contribution in [0.5, 0.6) is 0 Å². The Kier molecular flexibility index (Phi) is 4.11. The van der Waals surface area contributed by atoms with Crippen LogP contribution in [0.4, 0.5) is 0 Å². The Hall–Kier alpha value is -0.690. The van der Waals surface area contributed by atoms with E-state index in [-0.39, 0.29) is 0 Å². The first-order chi connectivity index (χ1) is 5.37. The van der Waals surface area contributed by atoms with Gasteiger partial charge in [0.15, 0.2) is 0 Å². The quantitative estimate of drug-likeness (QED) is 0.320. The molecule has 0 bridgehead atoms. The molecule has 6 heteroatoms. The molecule has 0 aliphatic rings. The molecule has 0 aliphatic heterocycles. The van der Waals surface area contributed by atoms with E-state index in [4.69, 9.17) is 22.3 Å². The molecule has 0 radical (unpaired) electrons. The molecular weight excluding hydrogens is 162 g/mol. The summed E-state index contributed by atoms with van der Waals surface area (Å²) in [6.07, 6.45) is -1.32. The molecule has 0 aromatic heterocycles. The number of aliphatic carboxylic acids is 1. The molecule has 0 aliphatic carbocycles. The minimum atomic E-state index is -1.38. The number of hydrogen-bond donors (Lipinski definition) is 5. The maximum absolute atomic E-state index is 10.3. The largest absolute Gasteiger partial charge is 0.480 e. The second kappa shape index (κ2) is 4.36. The van der Waals surface area contributed by atoms with E-state index in [1.54, 1.807) is 6.92 Å². The van der Waals surface area contributed by atoms with Crippen LogP contribution < -0.4 is 17.2 Å². The predicted octanol–water partition coefficient (Wildman–Crippen LogP) is -2.57. The number of carboxylic acids is 1. The van der Waals surface area contributed by atoms with Gasteiger partial charge in [-0.1, -0.05) is 0 Å². The molecule has 72 valence electrons. The van der Waals surface area contributed by atoms with Gasteiger partial charge in [-0.05, 0) is 6.92 Å². The van der Waals surface area contributed by atoms with E-state index in [1.165, 1.54) is 0 Å². The Morgan fingerprint density at radius 3 is 2.00 bits per heavy atom. The molecule has 0 amide bonds. The number of carboxylic acid groups (broad SMARTS) is 1. The number of nitrogens with two attached hydrogens (primary N) is 3. The van der Waals surface area contributed by atoms with Gasteiger partial charge in [-0.3, -0.25) is 4.79 Å². The third-order valence-electron chi connectivity index (χ3n) is 1.65. The Labute approximate surface area is 70.3 Å². The van der Waals surface area contributed by atoms with E-state index >= 15 is 0 Å². The van der Waals surface area contributed by atoms with Gasteiger partial charge in [0.2, 0.25) is 0 Å². The molecular formula is C6H15N3O3. The lowest BCUT2D eigenvalue weighted by Crippen LogP contribution is -2.57. The molecule has 0 fully saturated rings. The van der Waals surface area contributed by atoms with Crippen molar-refractivity contribution in [1.82, 2.24) is 0 Å². The zero-order chi connectivity index (χ0) is 9.89. The first kappa shape index (κ1) is 11.3. The van der Waals surface area contributed by atoms with Crippen LogP contribution in [0, 0.1) is 0 Å². The highest BCUT2D eigenvalue weighted by Gasteiger charge is 2.29. The van der Waals surface area contributed by atoms with E-state index < -0.39 is 30.2 Å². The van der Waals surface area contributed by atoms with Crippen molar-refractivity contribution in [2.24, 2.45) is 17.2 Å².